The molecule has 1 fully saturated rings. The van der Waals surface area contributed by atoms with Crippen LogP contribution in [0.2, 0.25) is 10.0 Å². The molecule has 2 unspecified atom stereocenters. The molecule has 214 valence electrons. The number of nitrogens with zero attached hydrogens (tertiary/aromatic N) is 3. The van der Waals surface area contributed by atoms with Crippen molar-refractivity contribution in [2.24, 2.45) is 0 Å². The molecule has 2 atom stereocenters. The third kappa shape index (κ3) is 7.91. The van der Waals surface area contributed by atoms with Gasteiger partial charge in [0.05, 0.1) is 30.6 Å². The van der Waals surface area contributed by atoms with Gasteiger partial charge in [-0.15, -0.1) is 0 Å². The number of phenolic OH excluding ortho intramolecular Hbond substituents is 1. The molecule has 1 aliphatic rings. The van der Waals surface area contributed by atoms with Crippen molar-refractivity contribution in [2.75, 3.05) is 26.8 Å². The summed E-state index contributed by atoms with van der Waals surface area (Å²) >= 11 is 12.8. The second kappa shape index (κ2) is 13.6. The van der Waals surface area contributed by atoms with Crippen molar-refractivity contribution in [1.29, 1.82) is 0 Å². The van der Waals surface area contributed by atoms with Crippen LogP contribution in [0.3, 0.4) is 0 Å². The highest BCUT2D eigenvalue weighted by Crippen LogP contribution is 2.40. The van der Waals surface area contributed by atoms with E-state index in [1.165, 1.54) is 5.56 Å². The molecule has 0 spiro atoms. The molecule has 0 bridgehead atoms. The number of aromatic nitrogens is 2. The third-order valence-electron chi connectivity index (χ3n) is 6.86. The van der Waals surface area contributed by atoms with Crippen LogP contribution in [0.25, 0.3) is 6.08 Å². The highest BCUT2D eigenvalue weighted by Gasteiger charge is 2.42. The van der Waals surface area contributed by atoms with Crippen LogP contribution in [0.5, 0.6) is 11.5 Å². The minimum atomic E-state index is -1.10. The van der Waals surface area contributed by atoms with E-state index in [0.29, 0.717) is 41.8 Å². The molecule has 9 heteroatoms. The Labute approximate surface area is 250 Å². The van der Waals surface area contributed by atoms with E-state index in [2.05, 4.69) is 41.2 Å². The van der Waals surface area contributed by atoms with Gasteiger partial charge in [0.1, 0.15) is 18.1 Å². The molecule has 3 aromatic carbocycles. The lowest BCUT2D eigenvalue weighted by atomic mass is 10.0. The predicted octanol–water partition coefficient (Wildman–Crippen LogP) is 6.78. The molecule has 1 saturated heterocycles. The Hall–Kier alpha value is -3.33. The van der Waals surface area contributed by atoms with Crippen molar-refractivity contribution in [3.05, 3.63) is 118 Å². The number of likely N-dealkylation sites (N-methyl/N-ethyl adjacent to an activating group) is 1. The first-order valence-corrected chi connectivity index (χ1v) is 14.2. The minimum Gasteiger partial charge on any atom is -0.508 e. The lowest BCUT2D eigenvalue weighted by molar-refractivity contribution is -0.312. The van der Waals surface area contributed by atoms with Crippen LogP contribution in [-0.2, 0) is 28.4 Å². The Balaban J connectivity index is 1.17. The standard InChI is InChI=1S/C32H33Cl2N3O4/c1-36(16-2-3-24-4-9-27(38)10-5-24)20-25-6-11-28(12-7-25)39-21-29-14-18-40-32(41-29,22-37-17-15-35-23-37)30-13-8-26(33)19-31(30)34/h2-13,15,17,19,23,29,38H,14,16,18,20-22H2,1H3. The van der Waals surface area contributed by atoms with Crippen molar-refractivity contribution in [3.8, 4) is 11.5 Å². The van der Waals surface area contributed by atoms with Crippen LogP contribution in [0.15, 0.2) is 91.5 Å². The lowest BCUT2D eigenvalue weighted by Gasteiger charge is -2.41. The molecular formula is C32H33Cl2N3O4. The lowest BCUT2D eigenvalue weighted by Crippen LogP contribution is -2.47. The van der Waals surface area contributed by atoms with Gasteiger partial charge in [0.15, 0.2) is 0 Å². The van der Waals surface area contributed by atoms with Crippen molar-refractivity contribution in [1.82, 2.24) is 14.5 Å². The monoisotopic (exact) mass is 593 g/mol. The maximum atomic E-state index is 9.41. The molecule has 0 saturated carbocycles. The SMILES string of the molecule is CN(CC=Cc1ccc(O)cc1)Cc1ccc(OCC2CCOC(Cn3ccnc3)(c3ccc(Cl)cc3Cl)O2)cc1. The average Bonchev–Trinajstić information content (AvgIpc) is 3.46. The molecule has 5 rings (SSSR count). The van der Waals surface area contributed by atoms with E-state index in [0.717, 1.165) is 24.4 Å². The Morgan fingerprint density at radius 3 is 2.66 bits per heavy atom. The number of ether oxygens (including phenoxy) is 3. The first-order chi connectivity index (χ1) is 19.9. The van der Waals surface area contributed by atoms with Crippen molar-refractivity contribution < 1.29 is 19.3 Å². The topological polar surface area (TPSA) is 69.0 Å². The van der Waals surface area contributed by atoms with E-state index < -0.39 is 5.79 Å². The number of aromatic hydroxyl groups is 1. The maximum absolute atomic E-state index is 9.41. The molecule has 0 amide bonds. The van der Waals surface area contributed by atoms with E-state index in [4.69, 9.17) is 37.4 Å². The molecule has 2 heterocycles. The van der Waals surface area contributed by atoms with E-state index in [9.17, 15) is 5.11 Å². The number of hydrogen-bond acceptors (Lipinski definition) is 6. The smallest absolute Gasteiger partial charge is 0.215 e. The summed E-state index contributed by atoms with van der Waals surface area (Å²) in [5.41, 5.74) is 2.96. The molecule has 0 aliphatic carbocycles. The molecule has 1 aromatic heterocycles. The minimum absolute atomic E-state index is 0.204. The Bertz CT molecular complexity index is 1430. The van der Waals surface area contributed by atoms with Gasteiger partial charge in [-0.1, -0.05) is 65.7 Å². The number of imidazole rings is 1. The largest absolute Gasteiger partial charge is 0.508 e. The number of phenols is 1. The first-order valence-electron chi connectivity index (χ1n) is 13.5. The van der Waals surface area contributed by atoms with Crippen LogP contribution in [0.4, 0.5) is 0 Å². The van der Waals surface area contributed by atoms with E-state index in [1.807, 2.05) is 41.1 Å². The second-order valence-electron chi connectivity index (χ2n) is 10.1. The van der Waals surface area contributed by atoms with Crippen LogP contribution in [-0.4, -0.2) is 52.5 Å². The van der Waals surface area contributed by atoms with Gasteiger partial charge in [0, 0.05) is 42.5 Å². The molecule has 7 nitrogen and oxygen atoms in total. The fraction of sp³-hybridized carbons (Fsp3) is 0.281. The van der Waals surface area contributed by atoms with E-state index in [-0.39, 0.29) is 11.9 Å². The predicted molar refractivity (Wildman–Crippen MR) is 161 cm³/mol. The van der Waals surface area contributed by atoms with Crippen LogP contribution in [0, 0.1) is 0 Å². The van der Waals surface area contributed by atoms with Gasteiger partial charge in [-0.2, -0.15) is 0 Å². The van der Waals surface area contributed by atoms with E-state index >= 15 is 0 Å². The number of benzene rings is 3. The van der Waals surface area contributed by atoms with Gasteiger partial charge in [0.2, 0.25) is 5.79 Å². The Morgan fingerprint density at radius 1 is 1.12 bits per heavy atom. The van der Waals surface area contributed by atoms with Gasteiger partial charge in [-0.25, -0.2) is 4.98 Å². The number of hydrogen-bond donors (Lipinski definition) is 1. The van der Waals surface area contributed by atoms with Gasteiger partial charge in [0.25, 0.3) is 0 Å². The summed E-state index contributed by atoms with van der Waals surface area (Å²) in [6, 6.07) is 20.6. The Kier molecular flexibility index (Phi) is 9.64. The zero-order chi connectivity index (χ0) is 28.7. The fourth-order valence-corrected chi connectivity index (χ4v) is 5.33. The van der Waals surface area contributed by atoms with Gasteiger partial charge >= 0.3 is 0 Å². The quantitative estimate of drug-likeness (QED) is 0.207. The van der Waals surface area contributed by atoms with Gasteiger partial charge in [-0.05, 0) is 54.6 Å². The second-order valence-corrected chi connectivity index (χ2v) is 11.0. The third-order valence-corrected chi connectivity index (χ3v) is 7.40. The van der Waals surface area contributed by atoms with Crippen molar-refractivity contribution >= 4 is 29.3 Å². The summed E-state index contributed by atoms with van der Waals surface area (Å²) in [7, 11) is 2.08. The molecule has 1 N–H and O–H groups in total. The molecule has 4 aromatic rings. The number of rotatable bonds is 11. The van der Waals surface area contributed by atoms with Crippen molar-refractivity contribution in [3.63, 3.8) is 0 Å². The van der Waals surface area contributed by atoms with Gasteiger partial charge in [-0.3, -0.25) is 4.90 Å². The summed E-state index contributed by atoms with van der Waals surface area (Å²) in [5, 5.41) is 10.4. The summed E-state index contributed by atoms with van der Waals surface area (Å²) in [5.74, 6) is -0.0446. The molecule has 1 aliphatic heterocycles. The maximum Gasteiger partial charge on any atom is 0.215 e. The zero-order valence-electron chi connectivity index (χ0n) is 22.8. The highest BCUT2D eigenvalue weighted by atomic mass is 35.5. The summed E-state index contributed by atoms with van der Waals surface area (Å²) < 4.78 is 20.9. The number of halogens is 2. The van der Waals surface area contributed by atoms with Crippen LogP contribution < -0.4 is 4.74 Å². The van der Waals surface area contributed by atoms with E-state index in [1.54, 1.807) is 36.8 Å². The molecule has 0 radical (unpaired) electrons. The highest BCUT2D eigenvalue weighted by molar-refractivity contribution is 6.35. The summed E-state index contributed by atoms with van der Waals surface area (Å²) in [6.45, 7) is 2.87. The fourth-order valence-electron chi connectivity index (χ4n) is 4.77. The molecule has 41 heavy (non-hydrogen) atoms. The summed E-state index contributed by atoms with van der Waals surface area (Å²) in [4.78, 5) is 6.38. The average molecular weight is 595 g/mol. The van der Waals surface area contributed by atoms with Gasteiger partial charge < -0.3 is 23.9 Å². The Morgan fingerprint density at radius 2 is 1.93 bits per heavy atom. The normalized spacial score (nSPS) is 19.2. The molecular weight excluding hydrogens is 561 g/mol. The summed E-state index contributed by atoms with van der Waals surface area (Å²) in [6.07, 6.45) is 9.96. The zero-order valence-corrected chi connectivity index (χ0v) is 24.3. The first kappa shape index (κ1) is 29.2. The van der Waals surface area contributed by atoms with Crippen LogP contribution >= 0.6 is 23.2 Å². The van der Waals surface area contributed by atoms with Crippen LogP contribution in [0.1, 0.15) is 23.1 Å². The van der Waals surface area contributed by atoms with Crippen molar-refractivity contribution in [2.45, 2.75) is 31.4 Å².